The van der Waals surface area contributed by atoms with Gasteiger partial charge in [-0.25, -0.2) is 15.0 Å². The van der Waals surface area contributed by atoms with Crippen LogP contribution in [0, 0.1) is 0 Å². The quantitative estimate of drug-likeness (QED) is 0.761. The van der Waals surface area contributed by atoms with Gasteiger partial charge in [0.05, 0.1) is 12.5 Å². The van der Waals surface area contributed by atoms with Crippen LogP contribution in [0.25, 0.3) is 11.2 Å². The van der Waals surface area contributed by atoms with Crippen LogP contribution in [-0.2, 0) is 6.42 Å². The van der Waals surface area contributed by atoms with Crippen LogP contribution in [0.1, 0.15) is 5.82 Å². The van der Waals surface area contributed by atoms with E-state index in [1.807, 2.05) is 0 Å². The standard InChI is InChI=1S/C7H5F3N4/c8-7(9,10)1-5-11-2-4-6(14-5)13-3-12-4/h2-3H,1H2,(H,11,12,13,14). The molecule has 0 aliphatic carbocycles. The highest BCUT2D eigenvalue weighted by atomic mass is 19.4. The monoisotopic (exact) mass is 202 g/mol. The van der Waals surface area contributed by atoms with Crippen molar-refractivity contribution in [1.82, 2.24) is 19.9 Å². The first-order chi connectivity index (χ1) is 6.54. The van der Waals surface area contributed by atoms with E-state index in [1.54, 1.807) is 0 Å². The Labute approximate surface area is 76.2 Å². The number of nitrogens with one attached hydrogen (secondary N) is 1. The fourth-order valence-corrected chi connectivity index (χ4v) is 1.04. The van der Waals surface area contributed by atoms with Crippen LogP contribution in [-0.4, -0.2) is 26.1 Å². The summed E-state index contributed by atoms with van der Waals surface area (Å²) >= 11 is 0. The molecule has 0 aromatic carbocycles. The van der Waals surface area contributed by atoms with Crippen molar-refractivity contribution >= 4 is 11.2 Å². The summed E-state index contributed by atoms with van der Waals surface area (Å²) in [5.41, 5.74) is 0.773. The van der Waals surface area contributed by atoms with Crippen LogP contribution >= 0.6 is 0 Å². The maximum absolute atomic E-state index is 12.0. The number of nitrogens with zero attached hydrogens (tertiary/aromatic N) is 3. The van der Waals surface area contributed by atoms with Crippen LogP contribution in [0.2, 0.25) is 0 Å². The zero-order chi connectivity index (χ0) is 10.2. The number of H-pyrrole nitrogens is 1. The summed E-state index contributed by atoms with van der Waals surface area (Å²) < 4.78 is 35.9. The molecular weight excluding hydrogens is 197 g/mol. The molecule has 0 aliphatic rings. The first kappa shape index (κ1) is 8.92. The summed E-state index contributed by atoms with van der Waals surface area (Å²) in [4.78, 5) is 13.6. The molecule has 0 amide bonds. The minimum atomic E-state index is -4.29. The van der Waals surface area contributed by atoms with E-state index in [1.165, 1.54) is 12.5 Å². The molecule has 2 rings (SSSR count). The lowest BCUT2D eigenvalue weighted by atomic mass is 10.4. The molecule has 0 unspecified atom stereocenters. The van der Waals surface area contributed by atoms with Crippen molar-refractivity contribution in [1.29, 1.82) is 0 Å². The van der Waals surface area contributed by atoms with Gasteiger partial charge in [0.15, 0.2) is 5.65 Å². The fourth-order valence-electron chi connectivity index (χ4n) is 1.04. The SMILES string of the molecule is FC(F)(F)Cc1ncc2[nH]cnc2n1. The van der Waals surface area contributed by atoms with Gasteiger partial charge in [0, 0.05) is 0 Å². The fraction of sp³-hybridized carbons (Fsp3) is 0.286. The van der Waals surface area contributed by atoms with E-state index in [4.69, 9.17) is 0 Å². The smallest absolute Gasteiger partial charge is 0.342 e. The van der Waals surface area contributed by atoms with Crippen LogP contribution in [0.3, 0.4) is 0 Å². The molecule has 0 spiro atoms. The number of alkyl halides is 3. The van der Waals surface area contributed by atoms with Crippen molar-refractivity contribution in [3.63, 3.8) is 0 Å². The molecule has 0 saturated carbocycles. The Morgan fingerprint density at radius 2 is 2.07 bits per heavy atom. The molecule has 0 aliphatic heterocycles. The summed E-state index contributed by atoms with van der Waals surface area (Å²) in [6.45, 7) is 0. The molecule has 7 heteroatoms. The summed E-state index contributed by atoms with van der Waals surface area (Å²) in [6.07, 6.45) is -2.77. The van der Waals surface area contributed by atoms with Gasteiger partial charge < -0.3 is 4.98 Å². The Balaban J connectivity index is 2.35. The molecule has 2 heterocycles. The molecule has 0 bridgehead atoms. The van der Waals surface area contributed by atoms with Crippen molar-refractivity contribution in [2.45, 2.75) is 12.6 Å². The van der Waals surface area contributed by atoms with E-state index in [9.17, 15) is 13.2 Å². The third kappa shape index (κ3) is 1.81. The van der Waals surface area contributed by atoms with Gasteiger partial charge >= 0.3 is 6.18 Å². The number of fused-ring (bicyclic) bond motifs is 1. The van der Waals surface area contributed by atoms with Gasteiger partial charge in [0.1, 0.15) is 17.8 Å². The van der Waals surface area contributed by atoms with Crippen molar-refractivity contribution in [3.8, 4) is 0 Å². The third-order valence-corrected chi connectivity index (χ3v) is 1.58. The first-order valence-corrected chi connectivity index (χ1v) is 3.76. The lowest BCUT2D eigenvalue weighted by molar-refractivity contribution is -0.128. The first-order valence-electron chi connectivity index (χ1n) is 3.76. The van der Waals surface area contributed by atoms with E-state index in [0.29, 0.717) is 5.52 Å². The molecule has 0 saturated heterocycles. The zero-order valence-electron chi connectivity index (χ0n) is 6.84. The molecular formula is C7H5F3N4. The Bertz CT molecular complexity index is 447. The van der Waals surface area contributed by atoms with Gasteiger partial charge in [-0.05, 0) is 0 Å². The van der Waals surface area contributed by atoms with Gasteiger partial charge in [-0.1, -0.05) is 0 Å². The normalized spacial score (nSPS) is 12.2. The zero-order valence-corrected chi connectivity index (χ0v) is 6.84. The molecule has 74 valence electrons. The van der Waals surface area contributed by atoms with Crippen molar-refractivity contribution in [2.75, 3.05) is 0 Å². The van der Waals surface area contributed by atoms with Gasteiger partial charge in [-0.3, -0.25) is 0 Å². The lowest BCUT2D eigenvalue weighted by Crippen LogP contribution is -2.14. The van der Waals surface area contributed by atoms with Gasteiger partial charge in [-0.2, -0.15) is 13.2 Å². The number of aromatic nitrogens is 4. The second-order valence-electron chi connectivity index (χ2n) is 2.72. The molecule has 0 radical (unpaired) electrons. The van der Waals surface area contributed by atoms with E-state index in [-0.39, 0.29) is 11.5 Å². The van der Waals surface area contributed by atoms with Gasteiger partial charge in [0.2, 0.25) is 0 Å². The van der Waals surface area contributed by atoms with Crippen molar-refractivity contribution < 1.29 is 13.2 Å². The number of imidazole rings is 1. The Morgan fingerprint density at radius 1 is 1.29 bits per heavy atom. The Morgan fingerprint density at radius 3 is 2.79 bits per heavy atom. The topological polar surface area (TPSA) is 54.5 Å². The maximum atomic E-state index is 12.0. The van der Waals surface area contributed by atoms with Crippen molar-refractivity contribution in [3.05, 3.63) is 18.3 Å². The molecule has 0 fully saturated rings. The van der Waals surface area contributed by atoms with Crippen LogP contribution < -0.4 is 0 Å². The van der Waals surface area contributed by atoms with Gasteiger partial charge in [0.25, 0.3) is 0 Å². The van der Waals surface area contributed by atoms with Crippen LogP contribution in [0.4, 0.5) is 13.2 Å². The second kappa shape index (κ2) is 2.93. The predicted molar refractivity (Wildman–Crippen MR) is 41.4 cm³/mol. The minimum Gasteiger partial charge on any atom is -0.342 e. The maximum Gasteiger partial charge on any atom is 0.396 e. The summed E-state index contributed by atoms with van der Waals surface area (Å²) in [6, 6.07) is 0. The number of hydrogen-bond donors (Lipinski definition) is 1. The highest BCUT2D eigenvalue weighted by Crippen LogP contribution is 2.19. The van der Waals surface area contributed by atoms with Crippen LogP contribution in [0.5, 0.6) is 0 Å². The highest BCUT2D eigenvalue weighted by Gasteiger charge is 2.29. The third-order valence-electron chi connectivity index (χ3n) is 1.58. The van der Waals surface area contributed by atoms with Crippen LogP contribution in [0.15, 0.2) is 12.5 Å². The highest BCUT2D eigenvalue weighted by molar-refractivity contribution is 5.68. The van der Waals surface area contributed by atoms with E-state index in [0.717, 1.165) is 0 Å². The van der Waals surface area contributed by atoms with Crippen molar-refractivity contribution in [2.24, 2.45) is 0 Å². The second-order valence-corrected chi connectivity index (χ2v) is 2.72. The molecule has 14 heavy (non-hydrogen) atoms. The molecule has 2 aromatic heterocycles. The summed E-state index contributed by atoms with van der Waals surface area (Å²) in [5.74, 6) is -0.267. The van der Waals surface area contributed by atoms with E-state index in [2.05, 4.69) is 19.9 Å². The number of halogens is 3. The number of rotatable bonds is 1. The Hall–Kier alpha value is -1.66. The lowest BCUT2D eigenvalue weighted by Gasteiger charge is -2.03. The molecule has 2 aromatic rings. The molecule has 1 N–H and O–H groups in total. The van der Waals surface area contributed by atoms with Gasteiger partial charge in [-0.15, -0.1) is 0 Å². The molecule has 0 atom stereocenters. The average molecular weight is 202 g/mol. The number of aromatic amines is 1. The van der Waals surface area contributed by atoms with E-state index < -0.39 is 12.6 Å². The summed E-state index contributed by atoms with van der Waals surface area (Å²) in [7, 11) is 0. The van der Waals surface area contributed by atoms with E-state index >= 15 is 0 Å². The molecule has 4 nitrogen and oxygen atoms in total. The largest absolute Gasteiger partial charge is 0.396 e. The minimum absolute atomic E-state index is 0.249. The Kier molecular flexibility index (Phi) is 1.87. The predicted octanol–water partition coefficient (Wildman–Crippen LogP) is 1.46. The number of hydrogen-bond acceptors (Lipinski definition) is 3. The average Bonchev–Trinajstić information content (AvgIpc) is 2.47. The summed E-state index contributed by atoms with van der Waals surface area (Å²) in [5, 5.41) is 0.